The molecular weight excluding hydrogens is 172 g/mol. The Kier molecular flexibility index (Phi) is 2.41. The highest BCUT2D eigenvalue weighted by molar-refractivity contribution is 5.59. The molecule has 0 saturated carbocycles. The highest BCUT2D eigenvalue weighted by atomic mass is 15.1. The van der Waals surface area contributed by atoms with Crippen LogP contribution in [0.1, 0.15) is 18.1 Å². The lowest BCUT2D eigenvalue weighted by Crippen LogP contribution is -2.18. The van der Waals surface area contributed by atoms with Gasteiger partial charge in [-0.2, -0.15) is 5.26 Å². The summed E-state index contributed by atoms with van der Waals surface area (Å²) in [6, 6.07) is 8.58. The molecule has 0 bridgehead atoms. The predicted octanol–water partition coefficient (Wildman–Crippen LogP) is 2.14. The van der Waals surface area contributed by atoms with Crippen LogP contribution in [0.4, 0.5) is 5.69 Å². The smallest absolute Gasteiger partial charge is 0.0669 e. The van der Waals surface area contributed by atoms with Crippen molar-refractivity contribution in [2.75, 3.05) is 18.0 Å². The Balaban J connectivity index is 2.30. The molecule has 0 fully saturated rings. The third-order valence-electron chi connectivity index (χ3n) is 2.80. The van der Waals surface area contributed by atoms with Crippen molar-refractivity contribution in [1.82, 2.24) is 0 Å². The highest BCUT2D eigenvalue weighted by Crippen LogP contribution is 2.28. The van der Waals surface area contributed by atoms with E-state index in [9.17, 15) is 0 Å². The van der Waals surface area contributed by atoms with Gasteiger partial charge in [0.1, 0.15) is 0 Å². The quantitative estimate of drug-likeness (QED) is 0.707. The van der Waals surface area contributed by atoms with E-state index in [1.54, 1.807) is 0 Å². The maximum atomic E-state index is 8.61. The summed E-state index contributed by atoms with van der Waals surface area (Å²) in [6.07, 6.45) is 1.65. The van der Waals surface area contributed by atoms with Crippen molar-refractivity contribution in [3.63, 3.8) is 0 Å². The number of likely N-dealkylation sites (N-methyl/N-ethyl adjacent to an activating group) is 1. The number of fused-ring (bicyclic) bond motifs is 1. The van der Waals surface area contributed by atoms with E-state index in [2.05, 4.69) is 36.1 Å². The molecular formula is C12H14N2. The zero-order valence-electron chi connectivity index (χ0n) is 8.45. The summed E-state index contributed by atoms with van der Waals surface area (Å²) >= 11 is 0. The number of rotatable bonds is 2. The van der Waals surface area contributed by atoms with Crippen LogP contribution in [0.15, 0.2) is 18.2 Å². The molecule has 0 aliphatic carbocycles. The number of hydrogen-bond donors (Lipinski definition) is 0. The van der Waals surface area contributed by atoms with Gasteiger partial charge in [-0.3, -0.25) is 0 Å². The Labute approximate surface area is 84.8 Å². The zero-order valence-corrected chi connectivity index (χ0v) is 8.45. The molecule has 0 unspecified atom stereocenters. The Bertz CT molecular complexity index is 376. The fourth-order valence-electron chi connectivity index (χ4n) is 2.05. The van der Waals surface area contributed by atoms with E-state index in [1.165, 1.54) is 11.3 Å². The van der Waals surface area contributed by atoms with Crippen LogP contribution in [0.2, 0.25) is 0 Å². The SMILES string of the molecule is CCN1CCc2cc(CC#N)ccc21. The van der Waals surface area contributed by atoms with Crippen molar-refractivity contribution in [2.45, 2.75) is 19.8 Å². The molecule has 0 N–H and O–H groups in total. The second-order valence-corrected chi connectivity index (χ2v) is 3.63. The molecule has 2 heteroatoms. The third-order valence-corrected chi connectivity index (χ3v) is 2.80. The summed E-state index contributed by atoms with van der Waals surface area (Å²) in [4.78, 5) is 2.38. The van der Waals surface area contributed by atoms with Crippen LogP contribution >= 0.6 is 0 Å². The fourth-order valence-corrected chi connectivity index (χ4v) is 2.05. The Hall–Kier alpha value is -1.49. The van der Waals surface area contributed by atoms with Crippen molar-refractivity contribution in [3.05, 3.63) is 29.3 Å². The van der Waals surface area contributed by atoms with Crippen molar-refractivity contribution in [2.24, 2.45) is 0 Å². The van der Waals surface area contributed by atoms with Gasteiger partial charge >= 0.3 is 0 Å². The molecule has 2 rings (SSSR count). The third kappa shape index (κ3) is 1.46. The molecule has 0 radical (unpaired) electrons. The monoisotopic (exact) mass is 186 g/mol. The van der Waals surface area contributed by atoms with E-state index in [0.29, 0.717) is 6.42 Å². The molecule has 1 aromatic rings. The van der Waals surface area contributed by atoms with Crippen LogP contribution in [0.5, 0.6) is 0 Å². The van der Waals surface area contributed by atoms with Crippen molar-refractivity contribution in [1.29, 1.82) is 5.26 Å². The summed E-state index contributed by atoms with van der Waals surface area (Å²) in [5, 5.41) is 8.61. The molecule has 0 atom stereocenters. The van der Waals surface area contributed by atoms with Crippen molar-refractivity contribution >= 4 is 5.69 Å². The van der Waals surface area contributed by atoms with Crippen LogP contribution < -0.4 is 4.90 Å². The number of nitriles is 1. The van der Waals surface area contributed by atoms with Gasteiger partial charge in [0.25, 0.3) is 0 Å². The topological polar surface area (TPSA) is 27.0 Å². The first-order valence-corrected chi connectivity index (χ1v) is 5.09. The molecule has 1 aliphatic rings. The lowest BCUT2D eigenvalue weighted by atomic mass is 10.1. The van der Waals surface area contributed by atoms with Crippen LogP contribution in [0, 0.1) is 11.3 Å². The molecule has 0 amide bonds. The number of hydrogen-bond acceptors (Lipinski definition) is 2. The minimum Gasteiger partial charge on any atom is -0.371 e. The molecule has 1 aliphatic heterocycles. The summed E-state index contributed by atoms with van der Waals surface area (Å²) in [7, 11) is 0. The fraction of sp³-hybridized carbons (Fsp3) is 0.417. The Morgan fingerprint density at radius 1 is 1.50 bits per heavy atom. The highest BCUT2D eigenvalue weighted by Gasteiger charge is 2.17. The largest absolute Gasteiger partial charge is 0.371 e. The van der Waals surface area contributed by atoms with Gasteiger partial charge in [-0.15, -0.1) is 0 Å². The van der Waals surface area contributed by atoms with Gasteiger partial charge in [0.2, 0.25) is 0 Å². The summed E-state index contributed by atoms with van der Waals surface area (Å²) < 4.78 is 0. The van der Waals surface area contributed by atoms with Crippen LogP contribution in [-0.2, 0) is 12.8 Å². The first kappa shape index (κ1) is 9.08. The molecule has 72 valence electrons. The minimum atomic E-state index is 0.527. The molecule has 2 nitrogen and oxygen atoms in total. The van der Waals surface area contributed by atoms with Gasteiger partial charge in [0.05, 0.1) is 12.5 Å². The maximum Gasteiger partial charge on any atom is 0.0669 e. The van der Waals surface area contributed by atoms with Gasteiger partial charge in [0, 0.05) is 18.8 Å². The molecule has 1 aromatic carbocycles. The molecule has 0 saturated heterocycles. The van der Waals surface area contributed by atoms with E-state index in [4.69, 9.17) is 5.26 Å². The molecule has 0 spiro atoms. The minimum absolute atomic E-state index is 0.527. The van der Waals surface area contributed by atoms with Gasteiger partial charge in [-0.05, 0) is 30.5 Å². The van der Waals surface area contributed by atoms with Crippen molar-refractivity contribution < 1.29 is 0 Å². The summed E-state index contributed by atoms with van der Waals surface area (Å²) in [6.45, 7) is 4.38. The number of anilines is 1. The van der Waals surface area contributed by atoms with Crippen LogP contribution in [0.25, 0.3) is 0 Å². The van der Waals surface area contributed by atoms with E-state index in [-0.39, 0.29) is 0 Å². The van der Waals surface area contributed by atoms with E-state index in [0.717, 1.165) is 25.1 Å². The van der Waals surface area contributed by atoms with Gasteiger partial charge in [-0.25, -0.2) is 0 Å². The Morgan fingerprint density at radius 2 is 2.36 bits per heavy atom. The first-order chi connectivity index (χ1) is 6.85. The standard InChI is InChI=1S/C12H14N2/c1-2-14-8-6-11-9-10(5-7-13)3-4-12(11)14/h3-4,9H,2,5-6,8H2,1H3. The average Bonchev–Trinajstić information content (AvgIpc) is 2.60. The van der Waals surface area contributed by atoms with E-state index >= 15 is 0 Å². The number of nitrogens with zero attached hydrogens (tertiary/aromatic N) is 2. The average molecular weight is 186 g/mol. The predicted molar refractivity (Wildman–Crippen MR) is 57.4 cm³/mol. The van der Waals surface area contributed by atoms with E-state index < -0.39 is 0 Å². The Morgan fingerprint density at radius 3 is 3.07 bits per heavy atom. The number of benzene rings is 1. The lowest BCUT2D eigenvalue weighted by Gasteiger charge is -2.16. The second kappa shape index (κ2) is 3.71. The first-order valence-electron chi connectivity index (χ1n) is 5.09. The molecule has 0 aromatic heterocycles. The van der Waals surface area contributed by atoms with Gasteiger partial charge < -0.3 is 4.90 Å². The van der Waals surface area contributed by atoms with Crippen LogP contribution in [-0.4, -0.2) is 13.1 Å². The van der Waals surface area contributed by atoms with Crippen LogP contribution in [0.3, 0.4) is 0 Å². The van der Waals surface area contributed by atoms with E-state index in [1.807, 2.05) is 0 Å². The summed E-state index contributed by atoms with van der Waals surface area (Å²) in [5.41, 5.74) is 3.90. The summed E-state index contributed by atoms with van der Waals surface area (Å²) in [5.74, 6) is 0. The maximum absolute atomic E-state index is 8.61. The molecule has 14 heavy (non-hydrogen) atoms. The normalized spacial score (nSPS) is 13.9. The van der Waals surface area contributed by atoms with Crippen molar-refractivity contribution in [3.8, 4) is 6.07 Å². The van der Waals surface area contributed by atoms with Gasteiger partial charge in [-0.1, -0.05) is 12.1 Å². The molecule has 1 heterocycles. The lowest BCUT2D eigenvalue weighted by molar-refractivity contribution is 0.868. The zero-order chi connectivity index (χ0) is 9.97. The second-order valence-electron chi connectivity index (χ2n) is 3.63. The van der Waals surface area contributed by atoms with Gasteiger partial charge in [0.15, 0.2) is 0 Å².